The van der Waals surface area contributed by atoms with Gasteiger partial charge >= 0.3 is 0 Å². The first kappa shape index (κ1) is 17.1. The van der Waals surface area contributed by atoms with Crippen LogP contribution in [0, 0.1) is 5.92 Å². The molecule has 1 heterocycles. The van der Waals surface area contributed by atoms with Crippen LogP contribution in [0.15, 0.2) is 24.4 Å². The second-order valence-corrected chi connectivity index (χ2v) is 5.54. The Kier molecular flexibility index (Phi) is 7.43. The highest BCUT2D eigenvalue weighted by atomic mass is 16.2. The van der Waals surface area contributed by atoms with Crippen molar-refractivity contribution in [2.75, 3.05) is 13.1 Å². The predicted octanol–water partition coefficient (Wildman–Crippen LogP) is 1.98. The Labute approximate surface area is 126 Å². The Morgan fingerprint density at radius 2 is 2.05 bits per heavy atom. The number of rotatable bonds is 8. The van der Waals surface area contributed by atoms with Crippen LogP contribution in [0.2, 0.25) is 0 Å². The molecule has 0 saturated carbocycles. The van der Waals surface area contributed by atoms with Crippen molar-refractivity contribution < 1.29 is 9.59 Å². The van der Waals surface area contributed by atoms with Crippen LogP contribution >= 0.6 is 0 Å². The van der Waals surface area contributed by atoms with Gasteiger partial charge in [-0.3, -0.25) is 14.6 Å². The first-order valence-electron chi connectivity index (χ1n) is 7.41. The Hall–Kier alpha value is -1.91. The molecule has 116 valence electrons. The maximum absolute atomic E-state index is 11.8. The third-order valence-corrected chi connectivity index (χ3v) is 3.22. The number of pyridine rings is 1. The molecule has 0 aliphatic rings. The van der Waals surface area contributed by atoms with Crippen LogP contribution in [-0.4, -0.2) is 34.8 Å². The third kappa shape index (κ3) is 7.44. The van der Waals surface area contributed by atoms with Crippen LogP contribution in [-0.2, 0) is 16.1 Å². The van der Waals surface area contributed by atoms with Gasteiger partial charge in [0.25, 0.3) is 0 Å². The molecule has 0 fully saturated rings. The molecular weight excluding hydrogens is 266 g/mol. The van der Waals surface area contributed by atoms with Crippen LogP contribution in [0.1, 0.15) is 39.3 Å². The average molecular weight is 291 g/mol. The van der Waals surface area contributed by atoms with E-state index < -0.39 is 0 Å². The molecule has 0 unspecified atom stereocenters. The standard InChI is InChI=1S/C16H25N3O2/c1-13(2)7-10-19(14(3)20)11-8-16(21)18-12-15-6-4-5-9-17-15/h4-6,9,13H,7-8,10-12H2,1-3H3,(H,18,21). The number of nitrogens with zero attached hydrogens (tertiary/aromatic N) is 2. The molecule has 0 atom stereocenters. The van der Waals surface area contributed by atoms with E-state index in [4.69, 9.17) is 0 Å². The van der Waals surface area contributed by atoms with Gasteiger partial charge in [-0.1, -0.05) is 19.9 Å². The molecule has 1 aromatic heterocycles. The SMILES string of the molecule is CC(=O)N(CCC(=O)NCc1ccccn1)CCC(C)C. The summed E-state index contributed by atoms with van der Waals surface area (Å²) in [7, 11) is 0. The number of hydrogen-bond donors (Lipinski definition) is 1. The van der Waals surface area contributed by atoms with Crippen molar-refractivity contribution in [2.24, 2.45) is 5.92 Å². The highest BCUT2D eigenvalue weighted by Gasteiger charge is 2.11. The van der Waals surface area contributed by atoms with E-state index in [1.54, 1.807) is 18.0 Å². The Morgan fingerprint density at radius 1 is 1.29 bits per heavy atom. The zero-order valence-corrected chi connectivity index (χ0v) is 13.1. The summed E-state index contributed by atoms with van der Waals surface area (Å²) in [6.07, 6.45) is 2.98. The van der Waals surface area contributed by atoms with Gasteiger partial charge in [0.2, 0.25) is 11.8 Å². The van der Waals surface area contributed by atoms with Crippen molar-refractivity contribution in [1.82, 2.24) is 15.2 Å². The highest BCUT2D eigenvalue weighted by Crippen LogP contribution is 2.03. The number of amides is 2. The lowest BCUT2D eigenvalue weighted by molar-refractivity contribution is -0.129. The van der Waals surface area contributed by atoms with E-state index >= 15 is 0 Å². The van der Waals surface area contributed by atoms with Crippen molar-refractivity contribution in [3.8, 4) is 0 Å². The van der Waals surface area contributed by atoms with Gasteiger partial charge in [-0.05, 0) is 24.5 Å². The molecule has 0 spiro atoms. The van der Waals surface area contributed by atoms with Gasteiger partial charge in [0.15, 0.2) is 0 Å². The maximum atomic E-state index is 11.8. The summed E-state index contributed by atoms with van der Waals surface area (Å²) in [5.41, 5.74) is 0.828. The van der Waals surface area contributed by atoms with Crippen molar-refractivity contribution in [3.05, 3.63) is 30.1 Å². The van der Waals surface area contributed by atoms with E-state index in [1.807, 2.05) is 18.2 Å². The number of aromatic nitrogens is 1. The van der Waals surface area contributed by atoms with Crippen LogP contribution in [0.25, 0.3) is 0 Å². The van der Waals surface area contributed by atoms with Crippen molar-refractivity contribution >= 4 is 11.8 Å². The number of carbonyl (C=O) groups excluding carboxylic acids is 2. The number of hydrogen-bond acceptors (Lipinski definition) is 3. The molecule has 1 N–H and O–H groups in total. The molecule has 0 aliphatic carbocycles. The molecule has 0 saturated heterocycles. The van der Waals surface area contributed by atoms with Gasteiger partial charge in [0, 0.05) is 32.6 Å². The second-order valence-electron chi connectivity index (χ2n) is 5.54. The molecule has 0 bridgehead atoms. The van der Waals surface area contributed by atoms with Gasteiger partial charge in [-0.25, -0.2) is 0 Å². The van der Waals surface area contributed by atoms with E-state index in [0.717, 1.165) is 12.1 Å². The van der Waals surface area contributed by atoms with Crippen molar-refractivity contribution in [3.63, 3.8) is 0 Å². The summed E-state index contributed by atoms with van der Waals surface area (Å²) >= 11 is 0. The van der Waals surface area contributed by atoms with E-state index in [9.17, 15) is 9.59 Å². The van der Waals surface area contributed by atoms with Crippen molar-refractivity contribution in [2.45, 2.75) is 40.2 Å². The fourth-order valence-electron chi connectivity index (χ4n) is 1.86. The molecule has 1 rings (SSSR count). The van der Waals surface area contributed by atoms with Crippen LogP contribution in [0.4, 0.5) is 0 Å². The summed E-state index contributed by atoms with van der Waals surface area (Å²) in [4.78, 5) is 29.2. The Balaban J connectivity index is 2.31. The van der Waals surface area contributed by atoms with Gasteiger partial charge < -0.3 is 10.2 Å². The first-order chi connectivity index (χ1) is 9.99. The summed E-state index contributed by atoms with van der Waals surface area (Å²) < 4.78 is 0. The van der Waals surface area contributed by atoms with E-state index in [2.05, 4.69) is 24.1 Å². The quantitative estimate of drug-likeness (QED) is 0.796. The lowest BCUT2D eigenvalue weighted by atomic mass is 10.1. The average Bonchev–Trinajstić information content (AvgIpc) is 2.45. The van der Waals surface area contributed by atoms with E-state index in [-0.39, 0.29) is 11.8 Å². The Bertz CT molecular complexity index is 446. The molecule has 0 aromatic carbocycles. The minimum Gasteiger partial charge on any atom is -0.350 e. The molecule has 0 aliphatic heterocycles. The summed E-state index contributed by atoms with van der Waals surface area (Å²) in [5.74, 6) is 0.509. The maximum Gasteiger partial charge on any atom is 0.222 e. The van der Waals surface area contributed by atoms with E-state index in [1.165, 1.54) is 0 Å². The topological polar surface area (TPSA) is 62.3 Å². The van der Waals surface area contributed by atoms with Gasteiger partial charge in [-0.2, -0.15) is 0 Å². The molecule has 2 amide bonds. The zero-order valence-electron chi connectivity index (χ0n) is 13.1. The lowest BCUT2D eigenvalue weighted by Crippen LogP contribution is -2.34. The van der Waals surface area contributed by atoms with Crippen LogP contribution in [0.3, 0.4) is 0 Å². The first-order valence-corrected chi connectivity index (χ1v) is 7.41. The molecule has 5 heteroatoms. The van der Waals surface area contributed by atoms with Crippen LogP contribution < -0.4 is 5.32 Å². The molecule has 5 nitrogen and oxygen atoms in total. The predicted molar refractivity (Wildman–Crippen MR) is 82.4 cm³/mol. The van der Waals surface area contributed by atoms with Gasteiger partial charge in [-0.15, -0.1) is 0 Å². The van der Waals surface area contributed by atoms with Gasteiger partial charge in [0.1, 0.15) is 0 Å². The minimum atomic E-state index is -0.0588. The summed E-state index contributed by atoms with van der Waals surface area (Å²) in [5, 5.41) is 2.82. The second kappa shape index (κ2) is 9.10. The minimum absolute atomic E-state index is 0.0215. The molecular formula is C16H25N3O2. The molecule has 21 heavy (non-hydrogen) atoms. The smallest absolute Gasteiger partial charge is 0.222 e. The zero-order chi connectivity index (χ0) is 15.7. The molecule has 0 radical (unpaired) electrons. The third-order valence-electron chi connectivity index (χ3n) is 3.22. The molecule has 1 aromatic rings. The number of carbonyl (C=O) groups is 2. The van der Waals surface area contributed by atoms with E-state index in [0.29, 0.717) is 32.0 Å². The summed E-state index contributed by atoms with van der Waals surface area (Å²) in [6.45, 7) is 7.39. The largest absolute Gasteiger partial charge is 0.350 e. The van der Waals surface area contributed by atoms with Crippen LogP contribution in [0.5, 0.6) is 0 Å². The van der Waals surface area contributed by atoms with Gasteiger partial charge in [0.05, 0.1) is 12.2 Å². The summed E-state index contributed by atoms with van der Waals surface area (Å²) in [6, 6.07) is 5.59. The fraction of sp³-hybridized carbons (Fsp3) is 0.562. The normalized spacial score (nSPS) is 10.5. The lowest BCUT2D eigenvalue weighted by Gasteiger charge is -2.21. The highest BCUT2D eigenvalue weighted by molar-refractivity contribution is 5.77. The Morgan fingerprint density at radius 3 is 2.62 bits per heavy atom. The number of nitrogens with one attached hydrogen (secondary N) is 1. The fourth-order valence-corrected chi connectivity index (χ4v) is 1.86. The van der Waals surface area contributed by atoms with Crippen molar-refractivity contribution in [1.29, 1.82) is 0 Å². The monoisotopic (exact) mass is 291 g/mol.